The van der Waals surface area contributed by atoms with E-state index in [-0.39, 0.29) is 31.4 Å². The molecule has 0 aliphatic rings. The Morgan fingerprint density at radius 2 is 1.32 bits per heavy atom. The maximum absolute atomic E-state index is 13.0. The van der Waals surface area contributed by atoms with Crippen molar-refractivity contribution in [2.24, 2.45) is 11.5 Å². The molecule has 0 heterocycles. The van der Waals surface area contributed by atoms with Crippen LogP contribution in [-0.2, 0) is 19.1 Å². The van der Waals surface area contributed by atoms with Crippen molar-refractivity contribution in [1.82, 2.24) is 37.2 Å². The van der Waals surface area contributed by atoms with Crippen LogP contribution in [0.1, 0.15) is 39.5 Å². The predicted molar refractivity (Wildman–Crippen MR) is 124 cm³/mol. The minimum Gasteiger partial charge on any atom is -0.449 e. The molecular formula is C18H37N11O5. The maximum Gasteiger partial charge on any atom is 0.421 e. The highest BCUT2D eigenvalue weighted by Crippen LogP contribution is 2.06. The van der Waals surface area contributed by atoms with Gasteiger partial charge >= 0.3 is 6.09 Å². The largest absolute Gasteiger partial charge is 0.449 e. The first-order valence-corrected chi connectivity index (χ1v) is 10.7. The Morgan fingerprint density at radius 3 is 1.71 bits per heavy atom. The predicted octanol–water partition coefficient (Wildman–Crippen LogP) is -2.87. The van der Waals surface area contributed by atoms with Crippen LogP contribution in [0.2, 0.25) is 0 Å². The molecule has 12 N–H and O–H groups in total. The van der Waals surface area contributed by atoms with Gasteiger partial charge in [-0.2, -0.15) is 0 Å². The van der Waals surface area contributed by atoms with E-state index in [4.69, 9.17) is 27.0 Å². The van der Waals surface area contributed by atoms with Crippen LogP contribution in [0.25, 0.3) is 0 Å². The van der Waals surface area contributed by atoms with Crippen LogP contribution in [0.4, 0.5) is 4.79 Å². The number of rotatable bonds is 15. The zero-order valence-electron chi connectivity index (χ0n) is 19.7. The van der Waals surface area contributed by atoms with Crippen molar-refractivity contribution >= 4 is 35.7 Å². The zero-order chi connectivity index (χ0) is 26.1. The molecule has 0 aromatic rings. The van der Waals surface area contributed by atoms with E-state index in [0.717, 1.165) is 4.90 Å². The molecule has 0 rings (SSSR count). The first-order valence-electron chi connectivity index (χ1n) is 10.7. The smallest absolute Gasteiger partial charge is 0.421 e. The highest BCUT2D eigenvalue weighted by molar-refractivity contribution is 5.99. The van der Waals surface area contributed by atoms with Crippen molar-refractivity contribution in [2.45, 2.75) is 51.6 Å². The van der Waals surface area contributed by atoms with Crippen LogP contribution in [0.3, 0.4) is 0 Å². The van der Waals surface area contributed by atoms with Crippen LogP contribution < -0.4 is 43.8 Å². The number of nitrogens with zero attached hydrogens (tertiary/aromatic N) is 1. The lowest BCUT2D eigenvalue weighted by atomic mass is 10.1. The topological polar surface area (TPSA) is 253 Å². The summed E-state index contributed by atoms with van der Waals surface area (Å²) >= 11 is 0. The van der Waals surface area contributed by atoms with Gasteiger partial charge in [-0.25, -0.2) is 15.6 Å². The molecule has 0 saturated heterocycles. The second-order valence-electron chi connectivity index (χ2n) is 7.12. The molecular weight excluding hydrogens is 450 g/mol. The number of ether oxygens (including phenoxy) is 1. The molecule has 16 nitrogen and oxygen atoms in total. The lowest BCUT2D eigenvalue weighted by Gasteiger charge is -2.27. The Bertz CT molecular complexity index is 718. The third kappa shape index (κ3) is 13.7. The molecule has 16 heteroatoms. The van der Waals surface area contributed by atoms with Gasteiger partial charge in [0, 0.05) is 27.1 Å². The summed E-state index contributed by atoms with van der Waals surface area (Å²) in [6, 6.07) is -1.93. The lowest BCUT2D eigenvalue weighted by molar-refractivity contribution is -0.146. The molecule has 0 fully saturated rings. The van der Waals surface area contributed by atoms with Crippen molar-refractivity contribution in [2.75, 3.05) is 26.7 Å². The molecule has 0 spiro atoms. The number of likely N-dealkylation sites (N-methyl/N-ethyl adjacent to an activating group) is 1. The number of hydrazine groups is 2. The van der Waals surface area contributed by atoms with E-state index in [1.807, 2.05) is 0 Å². The molecule has 194 valence electrons. The van der Waals surface area contributed by atoms with Crippen LogP contribution >= 0.6 is 0 Å². The van der Waals surface area contributed by atoms with Gasteiger partial charge in [-0.05, 0) is 32.6 Å². The van der Waals surface area contributed by atoms with Crippen molar-refractivity contribution in [1.29, 1.82) is 10.8 Å². The summed E-state index contributed by atoms with van der Waals surface area (Å²) in [4.78, 5) is 49.8. The fraction of sp³-hybridized carbons (Fsp3) is 0.667. The number of hydrogen-bond acceptors (Lipinski definition) is 9. The van der Waals surface area contributed by atoms with Gasteiger partial charge in [0.25, 0.3) is 0 Å². The Hall–Kier alpha value is -3.66. The molecule has 0 radical (unpaired) electrons. The third-order valence-corrected chi connectivity index (χ3v) is 4.27. The molecule has 0 unspecified atom stereocenters. The van der Waals surface area contributed by atoms with Gasteiger partial charge in [-0.15, -0.1) is 0 Å². The summed E-state index contributed by atoms with van der Waals surface area (Å²) in [5.41, 5.74) is 20.2. The fourth-order valence-corrected chi connectivity index (χ4v) is 2.65. The summed E-state index contributed by atoms with van der Waals surface area (Å²) in [5, 5.41) is 19.6. The van der Waals surface area contributed by atoms with Gasteiger partial charge in [0.15, 0.2) is 11.9 Å². The Kier molecular flexibility index (Phi) is 15.1. The third-order valence-electron chi connectivity index (χ3n) is 4.27. The molecule has 0 bridgehead atoms. The molecule has 4 amide bonds. The van der Waals surface area contributed by atoms with E-state index in [1.165, 1.54) is 14.0 Å². The second kappa shape index (κ2) is 16.9. The average Bonchev–Trinajstić information content (AvgIpc) is 2.76. The quantitative estimate of drug-likeness (QED) is 0.0486. The second-order valence-corrected chi connectivity index (χ2v) is 7.12. The normalized spacial score (nSPS) is 12.0. The van der Waals surface area contributed by atoms with E-state index in [2.05, 4.69) is 32.3 Å². The lowest BCUT2D eigenvalue weighted by Crippen LogP contribution is -2.57. The summed E-state index contributed by atoms with van der Waals surface area (Å²) in [7, 11) is 1.29. The van der Waals surface area contributed by atoms with Gasteiger partial charge in [-0.1, -0.05) is 0 Å². The highest BCUT2D eigenvalue weighted by atomic mass is 16.5. The molecule has 0 aliphatic heterocycles. The monoisotopic (exact) mass is 487 g/mol. The Labute approximate surface area is 198 Å². The number of hydrogen-bond donors (Lipinski definition) is 10. The van der Waals surface area contributed by atoms with Crippen LogP contribution in [-0.4, -0.2) is 79.5 Å². The number of carbonyl (C=O) groups is 4. The first-order chi connectivity index (χ1) is 16.0. The number of nitrogens with one attached hydrogen (secondary N) is 8. The molecule has 0 aliphatic carbocycles. The molecule has 2 atom stereocenters. The van der Waals surface area contributed by atoms with E-state index < -0.39 is 35.9 Å². The number of amides is 4. The standard InChI is InChI=1S/C18H37N11O5/c1-4-34-18(33)28-27-13(8-6-10-24-17(21)22)15(32)29(3)14(31)12(26-25-11(2)30)7-5-9-23-16(19)20/h12-13,26-27H,4-10H2,1-3H3,(H,25,30)(H,28,33)(H4,19,20,23)(H4,21,22,24)/t12-,13-/m0/s1. The minimum absolute atomic E-state index is 0.127. The Morgan fingerprint density at radius 1 is 0.882 bits per heavy atom. The number of imide groups is 1. The van der Waals surface area contributed by atoms with E-state index in [9.17, 15) is 19.2 Å². The minimum atomic E-state index is -0.993. The summed E-state index contributed by atoms with van der Waals surface area (Å²) in [5.74, 6) is -2.12. The number of nitrogens with two attached hydrogens (primary N) is 2. The summed E-state index contributed by atoms with van der Waals surface area (Å²) in [6.07, 6.45) is 0.417. The summed E-state index contributed by atoms with van der Waals surface area (Å²) < 4.78 is 4.76. The van der Waals surface area contributed by atoms with Crippen LogP contribution in [0.15, 0.2) is 0 Å². The SMILES string of the molecule is CCOC(=O)NN[C@@H](CCCNC(=N)N)C(=O)N(C)C(=O)[C@H](CCCNC(=N)N)NNC(C)=O. The van der Waals surface area contributed by atoms with Gasteiger partial charge in [0.2, 0.25) is 17.7 Å². The van der Waals surface area contributed by atoms with Crippen molar-refractivity contribution in [3.8, 4) is 0 Å². The molecule has 0 aromatic carbocycles. The highest BCUT2D eigenvalue weighted by Gasteiger charge is 2.30. The van der Waals surface area contributed by atoms with E-state index in [1.54, 1.807) is 6.92 Å². The average molecular weight is 488 g/mol. The number of guanidine groups is 2. The van der Waals surface area contributed by atoms with Crippen molar-refractivity contribution in [3.63, 3.8) is 0 Å². The zero-order valence-corrected chi connectivity index (χ0v) is 19.7. The maximum atomic E-state index is 13.0. The first kappa shape index (κ1) is 30.3. The van der Waals surface area contributed by atoms with Crippen molar-refractivity contribution < 1.29 is 23.9 Å². The van der Waals surface area contributed by atoms with E-state index in [0.29, 0.717) is 25.9 Å². The fourth-order valence-electron chi connectivity index (χ4n) is 2.65. The Balaban J connectivity index is 5.26. The van der Waals surface area contributed by atoms with Crippen molar-refractivity contribution in [3.05, 3.63) is 0 Å². The molecule has 0 saturated carbocycles. The van der Waals surface area contributed by atoms with Gasteiger partial charge in [-0.3, -0.25) is 41.0 Å². The molecule has 34 heavy (non-hydrogen) atoms. The van der Waals surface area contributed by atoms with Crippen LogP contribution in [0.5, 0.6) is 0 Å². The van der Waals surface area contributed by atoms with Crippen LogP contribution in [0, 0.1) is 10.8 Å². The molecule has 0 aromatic heterocycles. The van der Waals surface area contributed by atoms with Gasteiger partial charge < -0.3 is 26.8 Å². The van der Waals surface area contributed by atoms with Gasteiger partial charge in [0.1, 0.15) is 12.1 Å². The summed E-state index contributed by atoms with van der Waals surface area (Å²) in [6.45, 7) is 3.62. The van der Waals surface area contributed by atoms with Gasteiger partial charge in [0.05, 0.1) is 6.61 Å². The number of carbonyl (C=O) groups excluding carboxylic acids is 4. The van der Waals surface area contributed by atoms with E-state index >= 15 is 0 Å².